The van der Waals surface area contributed by atoms with E-state index < -0.39 is 0 Å². The van der Waals surface area contributed by atoms with Crippen LogP contribution in [0.15, 0.2) is 24.3 Å². The SMILES string of the molecule is Cc1cc(NCC(C)C)nc(Nc2ccc3c(c2)OCCO3)n1. The molecule has 0 spiro atoms. The van der Waals surface area contributed by atoms with Gasteiger partial charge < -0.3 is 20.1 Å². The summed E-state index contributed by atoms with van der Waals surface area (Å²) in [5, 5.41) is 6.55. The topological polar surface area (TPSA) is 68.3 Å². The van der Waals surface area contributed by atoms with E-state index in [1.165, 1.54) is 0 Å². The highest BCUT2D eigenvalue weighted by Gasteiger charge is 2.12. The first kappa shape index (κ1) is 15.4. The lowest BCUT2D eigenvalue weighted by Crippen LogP contribution is -2.15. The van der Waals surface area contributed by atoms with Gasteiger partial charge in [-0.3, -0.25) is 0 Å². The maximum absolute atomic E-state index is 5.60. The minimum Gasteiger partial charge on any atom is -0.486 e. The number of benzene rings is 1. The van der Waals surface area contributed by atoms with Crippen molar-refractivity contribution >= 4 is 17.5 Å². The molecular weight excluding hydrogens is 292 g/mol. The highest BCUT2D eigenvalue weighted by molar-refractivity contribution is 5.61. The van der Waals surface area contributed by atoms with Crippen LogP contribution < -0.4 is 20.1 Å². The summed E-state index contributed by atoms with van der Waals surface area (Å²) >= 11 is 0. The van der Waals surface area contributed by atoms with Crippen molar-refractivity contribution in [2.24, 2.45) is 5.92 Å². The number of nitrogens with one attached hydrogen (secondary N) is 2. The van der Waals surface area contributed by atoms with Crippen molar-refractivity contribution in [2.45, 2.75) is 20.8 Å². The first-order valence-corrected chi connectivity index (χ1v) is 7.86. The van der Waals surface area contributed by atoms with Gasteiger partial charge in [0.2, 0.25) is 5.95 Å². The number of hydrogen-bond acceptors (Lipinski definition) is 6. The summed E-state index contributed by atoms with van der Waals surface area (Å²) in [7, 11) is 0. The molecule has 0 saturated carbocycles. The second-order valence-electron chi connectivity index (χ2n) is 5.98. The molecule has 1 aromatic carbocycles. The van der Waals surface area contributed by atoms with Gasteiger partial charge in [0.05, 0.1) is 0 Å². The van der Waals surface area contributed by atoms with E-state index in [4.69, 9.17) is 9.47 Å². The van der Waals surface area contributed by atoms with Gasteiger partial charge in [0.1, 0.15) is 19.0 Å². The molecule has 122 valence electrons. The van der Waals surface area contributed by atoms with Crippen molar-refractivity contribution in [3.8, 4) is 11.5 Å². The van der Waals surface area contributed by atoms with E-state index in [1.807, 2.05) is 31.2 Å². The second kappa shape index (κ2) is 6.73. The fraction of sp³-hybridized carbons (Fsp3) is 0.412. The monoisotopic (exact) mass is 314 g/mol. The average Bonchev–Trinajstić information content (AvgIpc) is 2.52. The fourth-order valence-electron chi connectivity index (χ4n) is 2.27. The van der Waals surface area contributed by atoms with Crippen LogP contribution in [0.5, 0.6) is 11.5 Å². The van der Waals surface area contributed by atoms with Crippen LogP contribution >= 0.6 is 0 Å². The zero-order valence-electron chi connectivity index (χ0n) is 13.7. The molecule has 6 nitrogen and oxygen atoms in total. The van der Waals surface area contributed by atoms with Crippen molar-refractivity contribution in [1.82, 2.24) is 9.97 Å². The van der Waals surface area contributed by atoms with Gasteiger partial charge in [-0.1, -0.05) is 13.8 Å². The molecule has 0 unspecified atom stereocenters. The molecule has 0 aliphatic carbocycles. The highest BCUT2D eigenvalue weighted by atomic mass is 16.6. The van der Waals surface area contributed by atoms with Gasteiger partial charge in [-0.2, -0.15) is 4.98 Å². The predicted octanol–water partition coefficient (Wildman–Crippen LogP) is 3.37. The van der Waals surface area contributed by atoms with Crippen molar-refractivity contribution in [1.29, 1.82) is 0 Å². The number of nitrogens with zero attached hydrogens (tertiary/aromatic N) is 2. The Morgan fingerprint density at radius 3 is 2.65 bits per heavy atom. The average molecular weight is 314 g/mol. The first-order chi connectivity index (χ1) is 11.1. The zero-order chi connectivity index (χ0) is 16.2. The smallest absolute Gasteiger partial charge is 0.229 e. The molecule has 2 aromatic rings. The molecule has 6 heteroatoms. The number of rotatable bonds is 5. The Labute approximate surface area is 136 Å². The van der Waals surface area contributed by atoms with Gasteiger partial charge in [-0.05, 0) is 25.0 Å². The maximum Gasteiger partial charge on any atom is 0.229 e. The van der Waals surface area contributed by atoms with Gasteiger partial charge in [0.15, 0.2) is 11.5 Å². The van der Waals surface area contributed by atoms with Crippen LogP contribution in [0.2, 0.25) is 0 Å². The molecule has 23 heavy (non-hydrogen) atoms. The lowest BCUT2D eigenvalue weighted by atomic mass is 10.2. The molecule has 0 radical (unpaired) electrons. The Balaban J connectivity index is 1.76. The van der Waals surface area contributed by atoms with Crippen LogP contribution in [0.1, 0.15) is 19.5 Å². The molecular formula is C17H22N4O2. The number of fused-ring (bicyclic) bond motifs is 1. The summed E-state index contributed by atoms with van der Waals surface area (Å²) in [5.74, 6) is 3.46. The largest absolute Gasteiger partial charge is 0.486 e. The van der Waals surface area contributed by atoms with E-state index in [0.717, 1.165) is 35.2 Å². The van der Waals surface area contributed by atoms with Gasteiger partial charge in [-0.25, -0.2) is 4.98 Å². The number of aryl methyl sites for hydroxylation is 1. The molecule has 2 N–H and O–H groups in total. The Morgan fingerprint density at radius 2 is 1.87 bits per heavy atom. The lowest BCUT2D eigenvalue weighted by molar-refractivity contribution is 0.171. The van der Waals surface area contributed by atoms with Crippen molar-refractivity contribution in [3.63, 3.8) is 0 Å². The summed E-state index contributed by atoms with van der Waals surface area (Å²) in [6.45, 7) is 8.31. The van der Waals surface area contributed by atoms with Crippen molar-refractivity contribution < 1.29 is 9.47 Å². The summed E-state index contributed by atoms with van der Waals surface area (Å²) < 4.78 is 11.1. The normalized spacial score (nSPS) is 13.0. The molecule has 3 rings (SSSR count). The van der Waals surface area contributed by atoms with Crippen LogP contribution in [-0.2, 0) is 0 Å². The van der Waals surface area contributed by atoms with Crippen LogP contribution in [0, 0.1) is 12.8 Å². The summed E-state index contributed by atoms with van der Waals surface area (Å²) in [6, 6.07) is 7.67. The highest BCUT2D eigenvalue weighted by Crippen LogP contribution is 2.33. The number of anilines is 3. The molecule has 0 atom stereocenters. The molecule has 0 amide bonds. The van der Waals surface area contributed by atoms with E-state index in [1.54, 1.807) is 0 Å². The van der Waals surface area contributed by atoms with Gasteiger partial charge in [-0.15, -0.1) is 0 Å². The van der Waals surface area contributed by atoms with E-state index in [-0.39, 0.29) is 0 Å². The fourth-order valence-corrected chi connectivity index (χ4v) is 2.27. The van der Waals surface area contributed by atoms with Gasteiger partial charge in [0.25, 0.3) is 0 Å². The van der Waals surface area contributed by atoms with Crippen LogP contribution in [-0.4, -0.2) is 29.7 Å². The molecule has 0 bridgehead atoms. The first-order valence-electron chi connectivity index (χ1n) is 7.86. The number of hydrogen-bond donors (Lipinski definition) is 2. The Kier molecular flexibility index (Phi) is 4.50. The molecule has 0 fully saturated rings. The van der Waals surface area contributed by atoms with Crippen LogP contribution in [0.4, 0.5) is 17.5 Å². The predicted molar refractivity (Wildman–Crippen MR) is 90.8 cm³/mol. The van der Waals surface area contributed by atoms with Crippen LogP contribution in [0.25, 0.3) is 0 Å². The summed E-state index contributed by atoms with van der Waals surface area (Å²) in [5.41, 5.74) is 1.78. The van der Waals surface area contributed by atoms with Crippen molar-refractivity contribution in [2.75, 3.05) is 30.4 Å². The third-order valence-electron chi connectivity index (χ3n) is 3.34. The van der Waals surface area contributed by atoms with E-state index >= 15 is 0 Å². The van der Waals surface area contributed by atoms with E-state index in [9.17, 15) is 0 Å². The minimum absolute atomic E-state index is 0.555. The third-order valence-corrected chi connectivity index (χ3v) is 3.34. The standard InChI is InChI=1S/C17H22N4O2/c1-11(2)10-18-16-8-12(3)19-17(21-16)20-13-4-5-14-15(9-13)23-7-6-22-14/h4-5,8-9,11H,6-7,10H2,1-3H3,(H2,18,19,20,21). The van der Waals surface area contributed by atoms with Crippen molar-refractivity contribution in [3.05, 3.63) is 30.0 Å². The van der Waals surface area contributed by atoms with Gasteiger partial charge in [0, 0.05) is 30.1 Å². The molecule has 1 aliphatic rings. The molecule has 0 saturated heterocycles. The van der Waals surface area contributed by atoms with E-state index in [0.29, 0.717) is 25.1 Å². The van der Waals surface area contributed by atoms with E-state index in [2.05, 4.69) is 34.4 Å². The minimum atomic E-state index is 0.555. The summed E-state index contributed by atoms with van der Waals surface area (Å²) in [4.78, 5) is 8.94. The Hall–Kier alpha value is -2.50. The zero-order valence-corrected chi connectivity index (χ0v) is 13.7. The second-order valence-corrected chi connectivity index (χ2v) is 5.98. The molecule has 1 aliphatic heterocycles. The maximum atomic E-state index is 5.60. The molecule has 1 aromatic heterocycles. The number of aromatic nitrogens is 2. The Morgan fingerprint density at radius 1 is 1.09 bits per heavy atom. The summed E-state index contributed by atoms with van der Waals surface area (Å²) in [6.07, 6.45) is 0. The third kappa shape index (κ3) is 4.03. The molecule has 2 heterocycles. The van der Waals surface area contributed by atoms with Crippen LogP contribution in [0.3, 0.4) is 0 Å². The van der Waals surface area contributed by atoms with Gasteiger partial charge >= 0.3 is 0 Å². The Bertz CT molecular complexity index is 688. The lowest BCUT2D eigenvalue weighted by Gasteiger charge is -2.19. The quantitative estimate of drug-likeness (QED) is 0.882. The number of ether oxygens (including phenoxy) is 2.